The lowest BCUT2D eigenvalue weighted by Crippen LogP contribution is -2.51. The van der Waals surface area contributed by atoms with Crippen molar-refractivity contribution < 1.29 is 0 Å². The zero-order valence-corrected chi connectivity index (χ0v) is 26.9. The highest BCUT2D eigenvalue weighted by Crippen LogP contribution is 2.49. The molecule has 2 N–H and O–H groups in total. The van der Waals surface area contributed by atoms with Crippen LogP contribution in [0.1, 0.15) is 5.56 Å². The molecule has 0 saturated heterocycles. The largest absolute Gasteiger partial charge is 0.360 e. The van der Waals surface area contributed by atoms with Crippen molar-refractivity contribution in [1.82, 2.24) is 19.6 Å². The lowest BCUT2D eigenvalue weighted by atomic mass is 9.97. The van der Waals surface area contributed by atoms with Crippen LogP contribution in [0.3, 0.4) is 0 Å². The molecule has 1 atom stereocenters. The van der Waals surface area contributed by atoms with Crippen molar-refractivity contribution in [2.45, 2.75) is 6.17 Å². The maximum absolute atomic E-state index is 5.43. The van der Waals surface area contributed by atoms with Crippen LogP contribution in [0.15, 0.2) is 143 Å². The average Bonchev–Trinajstić information content (AvgIpc) is 3.82. The fourth-order valence-electron chi connectivity index (χ4n) is 8.83. The predicted molar refractivity (Wildman–Crippen MR) is 210 cm³/mol. The number of aliphatic imine (C=N–C) groups is 2. The summed E-state index contributed by atoms with van der Waals surface area (Å²) in [7, 11) is 0. The van der Waals surface area contributed by atoms with Crippen molar-refractivity contribution in [3.05, 3.63) is 139 Å². The highest BCUT2D eigenvalue weighted by atomic mass is 15.3. The Morgan fingerprint density at radius 3 is 2.08 bits per heavy atom. The summed E-state index contributed by atoms with van der Waals surface area (Å²) in [5, 5.41) is 19.8. The van der Waals surface area contributed by atoms with E-state index >= 15 is 0 Å². The molecule has 12 rings (SSSR count). The molecule has 0 saturated carbocycles. The first-order chi connectivity index (χ1) is 24.8. The van der Waals surface area contributed by atoms with Crippen LogP contribution in [-0.4, -0.2) is 33.7 Å². The van der Waals surface area contributed by atoms with Crippen molar-refractivity contribution in [2.75, 3.05) is 6.54 Å². The minimum atomic E-state index is -0.177. The number of amidine groups is 1. The van der Waals surface area contributed by atoms with Crippen molar-refractivity contribution in [2.24, 2.45) is 9.98 Å². The van der Waals surface area contributed by atoms with Crippen molar-refractivity contribution >= 4 is 105 Å². The first-order valence-electron chi connectivity index (χ1n) is 17.2. The highest BCUT2D eigenvalue weighted by molar-refractivity contribution is 6.39. The third-order valence-corrected chi connectivity index (χ3v) is 10.9. The summed E-state index contributed by atoms with van der Waals surface area (Å²) in [6.07, 6.45) is 1.73. The van der Waals surface area contributed by atoms with Crippen LogP contribution in [0, 0.1) is 0 Å². The number of hydrogen-bond donors (Lipinski definition) is 2. The molecule has 2 aliphatic heterocycles. The predicted octanol–water partition coefficient (Wildman–Crippen LogP) is 9.54. The van der Waals surface area contributed by atoms with Gasteiger partial charge in [-0.25, -0.2) is 9.98 Å². The van der Waals surface area contributed by atoms with Gasteiger partial charge in [0.05, 0.1) is 33.3 Å². The van der Waals surface area contributed by atoms with E-state index < -0.39 is 0 Å². The van der Waals surface area contributed by atoms with E-state index in [0.29, 0.717) is 6.54 Å². The van der Waals surface area contributed by atoms with E-state index in [2.05, 4.69) is 153 Å². The molecule has 0 amide bonds. The number of benzene rings is 7. The van der Waals surface area contributed by atoms with Crippen LogP contribution < -0.4 is 10.6 Å². The minimum Gasteiger partial charge on any atom is -0.360 e. The Bertz CT molecular complexity index is 3180. The van der Waals surface area contributed by atoms with Gasteiger partial charge in [0.2, 0.25) is 0 Å². The molecular weight excluding hydrogens is 613 g/mol. The molecular formula is C44H28N6. The molecule has 0 spiro atoms. The Labute approximate surface area is 285 Å². The smallest absolute Gasteiger partial charge is 0.167 e. The summed E-state index contributed by atoms with van der Waals surface area (Å²) in [5.74, 6) is 1.57. The summed E-state index contributed by atoms with van der Waals surface area (Å²) < 4.78 is 4.95. The Balaban J connectivity index is 1.38. The number of fused-ring (bicyclic) bond motifs is 15. The summed E-state index contributed by atoms with van der Waals surface area (Å²) in [4.78, 5) is 10.2. The molecule has 0 aliphatic carbocycles. The minimum absolute atomic E-state index is 0.177. The number of para-hydroxylation sites is 2. The van der Waals surface area contributed by atoms with Crippen molar-refractivity contribution in [3.8, 4) is 0 Å². The zero-order valence-electron chi connectivity index (χ0n) is 26.9. The second-order valence-electron chi connectivity index (χ2n) is 13.4. The summed E-state index contributed by atoms with van der Waals surface area (Å²) in [5.41, 5.74) is 7.96. The molecule has 6 heteroatoms. The molecule has 0 fully saturated rings. The Morgan fingerprint density at radius 1 is 0.560 bits per heavy atom. The van der Waals surface area contributed by atoms with E-state index in [1.165, 1.54) is 70.4 Å². The van der Waals surface area contributed by atoms with Crippen LogP contribution >= 0.6 is 0 Å². The van der Waals surface area contributed by atoms with Gasteiger partial charge < -0.3 is 9.72 Å². The number of aromatic nitrogens is 2. The molecule has 50 heavy (non-hydrogen) atoms. The van der Waals surface area contributed by atoms with Crippen LogP contribution in [0.25, 0.3) is 93.0 Å². The lowest BCUT2D eigenvalue weighted by molar-refractivity contribution is 0.614. The zero-order chi connectivity index (χ0) is 32.5. The van der Waals surface area contributed by atoms with Gasteiger partial charge in [0.1, 0.15) is 6.17 Å². The molecule has 1 unspecified atom stereocenters. The normalized spacial score (nSPS) is 16.6. The molecule has 6 nitrogen and oxygen atoms in total. The first-order valence-corrected chi connectivity index (χ1v) is 17.2. The summed E-state index contributed by atoms with van der Waals surface area (Å²) >= 11 is 0. The van der Waals surface area contributed by atoms with E-state index in [1.807, 2.05) is 6.21 Å². The number of nitrogens with zero attached hydrogens (tertiary/aromatic N) is 4. The molecule has 234 valence electrons. The second-order valence-corrected chi connectivity index (χ2v) is 13.4. The Hall–Kier alpha value is -6.50. The van der Waals surface area contributed by atoms with Crippen LogP contribution in [0.4, 0.5) is 0 Å². The third kappa shape index (κ3) is 3.31. The average molecular weight is 641 g/mol. The quantitative estimate of drug-likeness (QED) is 0.198. The number of nitrogens with one attached hydrogen (secondary N) is 2. The van der Waals surface area contributed by atoms with Crippen molar-refractivity contribution in [3.63, 3.8) is 0 Å². The van der Waals surface area contributed by atoms with Gasteiger partial charge >= 0.3 is 0 Å². The molecule has 0 bridgehead atoms. The van der Waals surface area contributed by atoms with Crippen LogP contribution in [0.5, 0.6) is 0 Å². The SMILES string of the molecule is C1=NC2=NC(n3c4ccccc4c4c5ccccc5c5c6cccc7c8cc9ccccc9cc8n(c76)c5c43)=C(c3ccccc3)NC2NC1. The Morgan fingerprint density at radius 2 is 1.24 bits per heavy atom. The van der Waals surface area contributed by atoms with Gasteiger partial charge in [-0.15, -0.1) is 0 Å². The van der Waals surface area contributed by atoms with Crippen LogP contribution in [-0.2, 0) is 0 Å². The van der Waals surface area contributed by atoms with E-state index in [0.717, 1.165) is 34.0 Å². The standard InChI is InChI=1S/C44H28N6/c1-2-11-25(12-3-1)38-44(48-43-42(47-38)45-21-22-46-43)50-34-20-9-8-17-31(34)36-28-15-6-7-16-29(28)37-32-19-10-18-30-33-23-26-13-4-5-14-27(26)24-35(33)49(39(30)32)40(37)41(36)50/h1-20,22-24,42,45,47H,21H2. The van der Waals surface area contributed by atoms with E-state index in [-0.39, 0.29) is 6.17 Å². The lowest BCUT2D eigenvalue weighted by Gasteiger charge is -2.30. The topological polar surface area (TPSA) is 58.1 Å². The molecule has 7 aromatic carbocycles. The Kier molecular flexibility index (Phi) is 5.06. The molecule has 3 aromatic heterocycles. The summed E-state index contributed by atoms with van der Waals surface area (Å²) in [6, 6.07) is 48.5. The molecule has 0 radical (unpaired) electrons. The number of hydrogen-bond acceptors (Lipinski definition) is 4. The maximum Gasteiger partial charge on any atom is 0.167 e. The van der Waals surface area contributed by atoms with Gasteiger partial charge in [-0.05, 0) is 39.7 Å². The third-order valence-electron chi connectivity index (χ3n) is 10.9. The van der Waals surface area contributed by atoms with Crippen molar-refractivity contribution in [1.29, 1.82) is 0 Å². The molecule has 5 heterocycles. The van der Waals surface area contributed by atoms with Crippen LogP contribution in [0.2, 0.25) is 0 Å². The highest BCUT2D eigenvalue weighted by Gasteiger charge is 2.31. The fraction of sp³-hybridized carbons (Fsp3) is 0.0455. The van der Waals surface area contributed by atoms with Gasteiger partial charge in [0.15, 0.2) is 11.7 Å². The van der Waals surface area contributed by atoms with Gasteiger partial charge in [-0.1, -0.05) is 115 Å². The van der Waals surface area contributed by atoms with Gasteiger partial charge in [0.25, 0.3) is 0 Å². The monoisotopic (exact) mass is 640 g/mol. The molecule has 2 aliphatic rings. The van der Waals surface area contributed by atoms with Gasteiger partial charge in [-0.3, -0.25) is 9.88 Å². The fourth-order valence-corrected chi connectivity index (χ4v) is 8.83. The van der Waals surface area contributed by atoms with E-state index in [9.17, 15) is 0 Å². The van der Waals surface area contributed by atoms with Gasteiger partial charge in [-0.2, -0.15) is 0 Å². The van der Waals surface area contributed by atoms with E-state index in [4.69, 9.17) is 9.98 Å². The van der Waals surface area contributed by atoms with E-state index in [1.54, 1.807) is 0 Å². The first kappa shape index (κ1) is 26.5. The summed E-state index contributed by atoms with van der Waals surface area (Å²) in [6.45, 7) is 0.687. The maximum atomic E-state index is 5.43. The number of rotatable bonds is 2. The second kappa shape index (κ2) is 9.56. The molecule has 10 aromatic rings. The van der Waals surface area contributed by atoms with Gasteiger partial charge in [0, 0.05) is 50.6 Å².